The van der Waals surface area contributed by atoms with Crippen molar-refractivity contribution in [2.24, 2.45) is 0 Å². The quantitative estimate of drug-likeness (QED) is 0.163. The lowest BCUT2D eigenvalue weighted by atomic mass is 10.1. The van der Waals surface area contributed by atoms with E-state index in [0.29, 0.717) is 12.8 Å². The maximum absolute atomic E-state index is 11.0. The van der Waals surface area contributed by atoms with Crippen molar-refractivity contribution >= 4 is 6.29 Å². The molecule has 0 heterocycles. The first-order valence-corrected chi connectivity index (χ1v) is 8.44. The van der Waals surface area contributed by atoms with Crippen LogP contribution in [-0.4, -0.2) is 17.3 Å². The number of hydrogen-bond donors (Lipinski definition) is 0. The van der Waals surface area contributed by atoms with Gasteiger partial charge in [-0.3, -0.25) is 10.1 Å². The fourth-order valence-electron chi connectivity index (χ4n) is 2.14. The van der Waals surface area contributed by atoms with E-state index in [-0.39, 0.29) is 4.92 Å². The van der Waals surface area contributed by atoms with E-state index in [1.165, 1.54) is 12.8 Å². The van der Waals surface area contributed by atoms with Gasteiger partial charge in [-0.1, -0.05) is 50.9 Å². The van der Waals surface area contributed by atoms with E-state index in [1.54, 1.807) is 12.2 Å². The van der Waals surface area contributed by atoms with Gasteiger partial charge in [-0.05, 0) is 31.4 Å². The van der Waals surface area contributed by atoms with Crippen LogP contribution < -0.4 is 0 Å². The van der Waals surface area contributed by atoms with Crippen molar-refractivity contribution in [1.29, 1.82) is 0 Å². The Morgan fingerprint density at radius 1 is 1.09 bits per heavy atom. The van der Waals surface area contributed by atoms with Gasteiger partial charge in [0, 0.05) is 24.2 Å². The average molecular weight is 307 g/mol. The third-order valence-electron chi connectivity index (χ3n) is 3.50. The molecule has 0 bridgehead atoms. The summed E-state index contributed by atoms with van der Waals surface area (Å²) in [4.78, 5) is 20.9. The summed E-state index contributed by atoms with van der Waals surface area (Å²) in [5, 5.41) is 11.0. The van der Waals surface area contributed by atoms with Gasteiger partial charge >= 0.3 is 0 Å². The van der Waals surface area contributed by atoms with Crippen molar-refractivity contribution < 1.29 is 9.72 Å². The number of carbonyl (C=O) groups excluding carboxylic acids is 1. The van der Waals surface area contributed by atoms with E-state index in [0.717, 1.165) is 51.2 Å². The lowest BCUT2D eigenvalue weighted by molar-refractivity contribution is -0.510. The van der Waals surface area contributed by atoms with Gasteiger partial charge in [0.05, 0.1) is 0 Å². The normalized spacial score (nSPS) is 11.9. The van der Waals surface area contributed by atoms with Gasteiger partial charge in [-0.25, -0.2) is 0 Å². The predicted molar refractivity (Wildman–Crippen MR) is 90.2 cm³/mol. The Labute approximate surface area is 134 Å². The van der Waals surface area contributed by atoms with E-state index in [1.807, 2.05) is 0 Å². The molecule has 1 atom stereocenters. The van der Waals surface area contributed by atoms with Gasteiger partial charge in [0.15, 0.2) is 0 Å². The summed E-state index contributed by atoms with van der Waals surface area (Å²) in [5.74, 6) is 5.91. The molecule has 0 amide bonds. The third-order valence-corrected chi connectivity index (χ3v) is 3.50. The van der Waals surface area contributed by atoms with Crippen molar-refractivity contribution in [2.75, 3.05) is 0 Å². The molecule has 0 N–H and O–H groups in total. The number of hydrogen-bond acceptors (Lipinski definition) is 3. The van der Waals surface area contributed by atoms with Crippen molar-refractivity contribution in [1.82, 2.24) is 0 Å². The first kappa shape index (κ1) is 20.4. The fourth-order valence-corrected chi connectivity index (χ4v) is 2.14. The number of unbranched alkanes of at least 4 members (excludes halogenated alkanes) is 8. The van der Waals surface area contributed by atoms with Gasteiger partial charge in [0.25, 0.3) is 0 Å². The standard InChI is InChI=1S/C18H29NO3/c1-2-3-4-5-6-9-12-15-18(19(21)22)16-13-10-7-8-11-14-17-20/h12,15,17-18H,2-5,7-8,10-11,13-14,16H2,1H3. The minimum atomic E-state index is -0.625. The minimum Gasteiger partial charge on any atom is -0.303 e. The summed E-state index contributed by atoms with van der Waals surface area (Å²) in [5.41, 5.74) is 0. The Balaban J connectivity index is 3.86. The van der Waals surface area contributed by atoms with Crippen molar-refractivity contribution in [3.8, 4) is 11.8 Å². The molecule has 0 radical (unpaired) electrons. The minimum absolute atomic E-state index is 0.234. The number of nitrogens with zero attached hydrogens (tertiary/aromatic N) is 1. The van der Waals surface area contributed by atoms with Crippen LogP contribution in [0.5, 0.6) is 0 Å². The first-order valence-electron chi connectivity index (χ1n) is 8.44. The highest BCUT2D eigenvalue weighted by Gasteiger charge is 2.14. The molecule has 0 aliphatic rings. The molecule has 0 spiro atoms. The van der Waals surface area contributed by atoms with Crippen LogP contribution in [0, 0.1) is 22.0 Å². The molecule has 0 saturated heterocycles. The van der Waals surface area contributed by atoms with E-state index in [9.17, 15) is 14.9 Å². The zero-order valence-corrected chi connectivity index (χ0v) is 13.8. The summed E-state index contributed by atoms with van der Waals surface area (Å²) in [7, 11) is 0. The lowest BCUT2D eigenvalue weighted by Gasteiger charge is -2.04. The van der Waals surface area contributed by atoms with E-state index < -0.39 is 6.04 Å². The van der Waals surface area contributed by atoms with Crippen LogP contribution in [0.3, 0.4) is 0 Å². The molecule has 124 valence electrons. The molecule has 0 saturated carbocycles. The van der Waals surface area contributed by atoms with Crippen LogP contribution >= 0.6 is 0 Å². The molecule has 0 aliphatic heterocycles. The zero-order valence-electron chi connectivity index (χ0n) is 13.8. The second kappa shape index (κ2) is 15.8. The van der Waals surface area contributed by atoms with Gasteiger partial charge in [-0.2, -0.15) is 0 Å². The number of nitro groups is 1. The predicted octanol–water partition coefficient (Wildman–Crippen LogP) is 4.70. The number of rotatable bonds is 13. The molecular formula is C18H29NO3. The van der Waals surface area contributed by atoms with E-state index in [4.69, 9.17) is 0 Å². The van der Waals surface area contributed by atoms with Gasteiger partial charge in [-0.15, -0.1) is 0 Å². The first-order chi connectivity index (χ1) is 10.7. The molecule has 4 heteroatoms. The largest absolute Gasteiger partial charge is 0.303 e. The zero-order chi connectivity index (χ0) is 16.5. The molecule has 0 aromatic rings. The maximum atomic E-state index is 11.0. The molecule has 22 heavy (non-hydrogen) atoms. The van der Waals surface area contributed by atoms with Crippen molar-refractivity contribution in [2.45, 2.75) is 83.6 Å². The van der Waals surface area contributed by atoms with Crippen LogP contribution in [-0.2, 0) is 4.79 Å². The number of aldehydes is 1. The fraction of sp³-hybridized carbons (Fsp3) is 0.722. The molecule has 0 fully saturated rings. The number of carbonyl (C=O) groups is 1. The lowest BCUT2D eigenvalue weighted by Crippen LogP contribution is -2.16. The van der Waals surface area contributed by atoms with Crippen LogP contribution in [0.4, 0.5) is 0 Å². The maximum Gasteiger partial charge on any atom is 0.232 e. The highest BCUT2D eigenvalue weighted by atomic mass is 16.6. The van der Waals surface area contributed by atoms with Crippen LogP contribution in [0.2, 0.25) is 0 Å². The molecule has 0 aliphatic carbocycles. The number of allylic oxidation sites excluding steroid dienone is 1. The van der Waals surface area contributed by atoms with E-state index >= 15 is 0 Å². The Hall–Kier alpha value is -1.63. The SMILES string of the molecule is CCCCCC#CC=CC(CCCCCCCC=O)[N+](=O)[O-]. The highest BCUT2D eigenvalue weighted by molar-refractivity contribution is 5.48. The summed E-state index contributed by atoms with van der Waals surface area (Å²) in [6.45, 7) is 2.15. The molecule has 4 nitrogen and oxygen atoms in total. The van der Waals surface area contributed by atoms with Crippen LogP contribution in [0.1, 0.15) is 77.6 Å². The monoisotopic (exact) mass is 307 g/mol. The smallest absolute Gasteiger partial charge is 0.232 e. The second-order valence-corrected chi connectivity index (χ2v) is 5.50. The topological polar surface area (TPSA) is 60.2 Å². The van der Waals surface area contributed by atoms with Gasteiger partial charge in [0.1, 0.15) is 6.29 Å². The second-order valence-electron chi connectivity index (χ2n) is 5.50. The molecule has 0 aromatic carbocycles. The Morgan fingerprint density at radius 3 is 2.50 bits per heavy atom. The highest BCUT2D eigenvalue weighted by Crippen LogP contribution is 2.10. The summed E-state index contributed by atoms with van der Waals surface area (Å²) < 4.78 is 0. The Morgan fingerprint density at radius 2 is 1.82 bits per heavy atom. The van der Waals surface area contributed by atoms with Crippen LogP contribution in [0.25, 0.3) is 0 Å². The van der Waals surface area contributed by atoms with Gasteiger partial charge in [0.2, 0.25) is 6.04 Å². The molecule has 0 aromatic heterocycles. The summed E-state index contributed by atoms with van der Waals surface area (Å²) in [6, 6.07) is -0.625. The molecular weight excluding hydrogens is 278 g/mol. The van der Waals surface area contributed by atoms with Crippen molar-refractivity contribution in [3.05, 3.63) is 22.3 Å². The Bertz CT molecular complexity index is 380. The average Bonchev–Trinajstić information content (AvgIpc) is 2.50. The van der Waals surface area contributed by atoms with Gasteiger partial charge < -0.3 is 4.79 Å². The van der Waals surface area contributed by atoms with Crippen molar-refractivity contribution in [3.63, 3.8) is 0 Å². The third kappa shape index (κ3) is 13.4. The van der Waals surface area contributed by atoms with Crippen LogP contribution in [0.15, 0.2) is 12.2 Å². The Kier molecular flexibility index (Phi) is 14.6. The summed E-state index contributed by atoms with van der Waals surface area (Å²) >= 11 is 0. The molecule has 0 rings (SSSR count). The summed E-state index contributed by atoms with van der Waals surface area (Å²) in [6.07, 6.45) is 14.5. The molecule has 1 unspecified atom stereocenters. The van der Waals surface area contributed by atoms with E-state index in [2.05, 4.69) is 18.8 Å².